The minimum Gasteiger partial charge on any atom is -0.642 e. The molecule has 0 N–H and O–H groups in total. The minimum atomic E-state index is 0. The second-order valence-corrected chi connectivity index (χ2v) is 4.31. The van der Waals surface area contributed by atoms with Crippen molar-refractivity contribution >= 4 is 21.5 Å². The Morgan fingerprint density at radius 1 is 0.684 bits per heavy atom. The molecule has 19 heavy (non-hydrogen) atoms. The van der Waals surface area contributed by atoms with Gasteiger partial charge in [0.15, 0.2) is 0 Å². The fourth-order valence-corrected chi connectivity index (χ4v) is 2.14. The fourth-order valence-electron chi connectivity index (χ4n) is 2.14. The van der Waals surface area contributed by atoms with Crippen LogP contribution in [0.15, 0.2) is 84.9 Å². The first kappa shape index (κ1) is 13.7. The van der Waals surface area contributed by atoms with E-state index in [2.05, 4.69) is 84.9 Å². The topological polar surface area (TPSA) is 0 Å². The normalized spacial score (nSPS) is 9.68. The van der Waals surface area contributed by atoms with Crippen LogP contribution in [0.1, 0.15) is 0 Å². The standard InChI is InChI=1S/2C9H7.V/c2*1-2-5-9-7-3-6-8(9)4-1;/h2*1-7H;/q-5;-1;. The van der Waals surface area contributed by atoms with Gasteiger partial charge >= 0.3 is 0 Å². The number of hydrogen-bond acceptors (Lipinski definition) is 0. The van der Waals surface area contributed by atoms with E-state index in [1.807, 2.05) is 0 Å². The third-order valence-corrected chi connectivity index (χ3v) is 3.10. The molecule has 0 aromatic heterocycles. The summed E-state index contributed by atoms with van der Waals surface area (Å²) in [6.45, 7) is 0. The van der Waals surface area contributed by atoms with Gasteiger partial charge in [0.25, 0.3) is 0 Å². The summed E-state index contributed by atoms with van der Waals surface area (Å²) in [6.07, 6.45) is 0. The Labute approximate surface area is 125 Å². The molecule has 4 rings (SSSR count). The van der Waals surface area contributed by atoms with Gasteiger partial charge in [-0.05, 0) is 0 Å². The maximum absolute atomic E-state index is 2.12. The van der Waals surface area contributed by atoms with E-state index in [-0.39, 0.29) is 18.6 Å². The molecule has 1 radical (unpaired) electrons. The molecule has 0 heterocycles. The van der Waals surface area contributed by atoms with Crippen LogP contribution in [0.2, 0.25) is 0 Å². The van der Waals surface area contributed by atoms with E-state index in [1.165, 1.54) is 21.5 Å². The average molecular weight is 281 g/mol. The third-order valence-electron chi connectivity index (χ3n) is 3.10. The second kappa shape index (κ2) is 6.42. The number of rotatable bonds is 0. The smallest absolute Gasteiger partial charge is 0 e. The maximum Gasteiger partial charge on any atom is 0 e. The van der Waals surface area contributed by atoms with Gasteiger partial charge in [0.2, 0.25) is 0 Å². The molecular formula is C18H14V-6. The predicted octanol–water partition coefficient (Wildman–Crippen LogP) is 5.11. The molecule has 97 valence electrons. The van der Waals surface area contributed by atoms with Crippen LogP contribution in [0.3, 0.4) is 0 Å². The third kappa shape index (κ3) is 3.17. The molecule has 0 aliphatic rings. The van der Waals surface area contributed by atoms with Gasteiger partial charge in [-0.2, -0.15) is 12.1 Å². The van der Waals surface area contributed by atoms with Crippen LogP contribution >= 0.6 is 0 Å². The van der Waals surface area contributed by atoms with E-state index in [1.54, 1.807) is 0 Å². The summed E-state index contributed by atoms with van der Waals surface area (Å²) in [5.74, 6) is 0. The Bertz CT molecular complexity index is 620. The summed E-state index contributed by atoms with van der Waals surface area (Å²) in [7, 11) is 0. The summed E-state index contributed by atoms with van der Waals surface area (Å²) in [4.78, 5) is 0. The van der Waals surface area contributed by atoms with Crippen LogP contribution in [0.25, 0.3) is 21.5 Å². The fraction of sp³-hybridized carbons (Fsp3) is 0. The number of benzene rings is 2. The van der Waals surface area contributed by atoms with Gasteiger partial charge in [0, 0.05) is 18.6 Å². The van der Waals surface area contributed by atoms with Crippen LogP contribution in [-0.4, -0.2) is 0 Å². The van der Waals surface area contributed by atoms with Crippen LogP contribution < -0.4 is 0 Å². The van der Waals surface area contributed by atoms with E-state index < -0.39 is 0 Å². The van der Waals surface area contributed by atoms with Gasteiger partial charge in [-0.15, -0.1) is 35.7 Å². The first-order valence-corrected chi connectivity index (χ1v) is 6.14. The molecule has 0 fully saturated rings. The molecule has 0 amide bonds. The molecule has 0 nitrogen and oxygen atoms in total. The molecule has 0 saturated heterocycles. The zero-order chi connectivity index (χ0) is 12.2. The van der Waals surface area contributed by atoms with Crippen molar-refractivity contribution in [3.05, 3.63) is 84.9 Å². The minimum absolute atomic E-state index is 0. The molecule has 1 heteroatoms. The van der Waals surface area contributed by atoms with Crippen molar-refractivity contribution in [2.45, 2.75) is 0 Å². The molecule has 0 spiro atoms. The molecule has 0 saturated carbocycles. The average Bonchev–Trinajstić information content (AvgIpc) is 3.08. The van der Waals surface area contributed by atoms with Crippen LogP contribution in [0.5, 0.6) is 0 Å². The zero-order valence-corrected chi connectivity index (χ0v) is 11.9. The molecule has 4 aromatic rings. The largest absolute Gasteiger partial charge is 0.642 e. The zero-order valence-electron chi connectivity index (χ0n) is 10.5. The first-order chi connectivity index (χ1) is 8.93. The van der Waals surface area contributed by atoms with Crippen molar-refractivity contribution in [2.75, 3.05) is 0 Å². The Balaban J connectivity index is 0.000000133. The molecule has 0 aliphatic carbocycles. The van der Waals surface area contributed by atoms with E-state index in [0.717, 1.165) is 0 Å². The summed E-state index contributed by atoms with van der Waals surface area (Å²) >= 11 is 0. The van der Waals surface area contributed by atoms with E-state index in [9.17, 15) is 0 Å². The second-order valence-electron chi connectivity index (χ2n) is 4.31. The molecule has 0 unspecified atom stereocenters. The van der Waals surface area contributed by atoms with Crippen molar-refractivity contribution in [1.29, 1.82) is 0 Å². The predicted molar refractivity (Wildman–Crippen MR) is 79.1 cm³/mol. The van der Waals surface area contributed by atoms with Crippen LogP contribution in [0.4, 0.5) is 0 Å². The molecule has 0 atom stereocenters. The molecular weight excluding hydrogens is 267 g/mol. The van der Waals surface area contributed by atoms with E-state index >= 15 is 0 Å². The molecule has 0 bridgehead atoms. The van der Waals surface area contributed by atoms with E-state index in [0.29, 0.717) is 0 Å². The SMILES string of the molecule is [V].c1cc[c-]2[cH-][cH-][cH-][c-]2c1.c1cc[c-]2cccc2c1. The van der Waals surface area contributed by atoms with Gasteiger partial charge in [-0.1, -0.05) is 5.39 Å². The van der Waals surface area contributed by atoms with Crippen molar-refractivity contribution in [3.63, 3.8) is 0 Å². The van der Waals surface area contributed by atoms with Crippen LogP contribution in [-0.2, 0) is 18.6 Å². The number of hydrogen-bond donors (Lipinski definition) is 0. The Morgan fingerprint density at radius 2 is 1.26 bits per heavy atom. The first-order valence-electron chi connectivity index (χ1n) is 6.14. The molecule has 0 aliphatic heterocycles. The van der Waals surface area contributed by atoms with Crippen molar-refractivity contribution in [1.82, 2.24) is 0 Å². The monoisotopic (exact) mass is 281 g/mol. The van der Waals surface area contributed by atoms with E-state index in [4.69, 9.17) is 0 Å². The van der Waals surface area contributed by atoms with Gasteiger partial charge < -0.3 is 53.2 Å². The van der Waals surface area contributed by atoms with Crippen molar-refractivity contribution in [3.8, 4) is 0 Å². The summed E-state index contributed by atoms with van der Waals surface area (Å²) < 4.78 is 0. The van der Waals surface area contributed by atoms with Gasteiger partial charge in [0.05, 0.1) is 0 Å². The van der Waals surface area contributed by atoms with Gasteiger partial charge in [0.1, 0.15) is 0 Å². The Kier molecular flexibility index (Phi) is 4.62. The summed E-state index contributed by atoms with van der Waals surface area (Å²) in [5, 5.41) is 5.32. The van der Waals surface area contributed by atoms with Gasteiger partial charge in [-0.25, -0.2) is 0 Å². The van der Waals surface area contributed by atoms with Gasteiger partial charge in [-0.3, -0.25) is 0 Å². The quantitative estimate of drug-likeness (QED) is 0.393. The number of fused-ring (bicyclic) bond motifs is 2. The van der Waals surface area contributed by atoms with Crippen molar-refractivity contribution < 1.29 is 18.6 Å². The summed E-state index contributed by atoms with van der Waals surface area (Å²) in [6, 6.07) is 29.3. The Hall–Kier alpha value is -1.76. The van der Waals surface area contributed by atoms with Crippen molar-refractivity contribution in [2.24, 2.45) is 0 Å². The maximum atomic E-state index is 2.12. The Morgan fingerprint density at radius 3 is 1.95 bits per heavy atom. The van der Waals surface area contributed by atoms with Crippen LogP contribution in [0, 0.1) is 0 Å². The summed E-state index contributed by atoms with van der Waals surface area (Å²) in [5.41, 5.74) is 0. The molecule has 4 aromatic carbocycles.